The van der Waals surface area contributed by atoms with E-state index in [4.69, 9.17) is 5.11 Å². The number of hydrogen-bond donors (Lipinski definition) is 2. The van der Waals surface area contributed by atoms with Crippen molar-refractivity contribution in [1.82, 2.24) is 0 Å². The first-order valence-corrected chi connectivity index (χ1v) is 16.0. The van der Waals surface area contributed by atoms with Crippen molar-refractivity contribution in [3.05, 3.63) is 0 Å². The van der Waals surface area contributed by atoms with Crippen LogP contribution in [0.4, 0.5) is 114 Å². The van der Waals surface area contributed by atoms with E-state index in [1.165, 1.54) is 0 Å². The molecule has 0 saturated carbocycles. The van der Waals surface area contributed by atoms with E-state index in [0.29, 0.717) is 13.8 Å². The number of aliphatic hydroxyl groups is 2. The minimum Gasteiger partial charge on any atom is -0.418 e. The van der Waals surface area contributed by atoms with E-state index in [1.807, 2.05) is 0 Å². The number of ether oxygens (including phenoxy) is 4. The molecule has 0 amide bonds. The summed E-state index contributed by atoms with van der Waals surface area (Å²) in [5.74, 6) is -50.8. The number of alkyl halides is 26. The van der Waals surface area contributed by atoms with Gasteiger partial charge in [-0.05, 0) is 19.3 Å². The Hall–Kier alpha value is -3.04. The monoisotopic (exact) mass is 984 g/mol. The number of halogens is 26. The lowest BCUT2D eigenvalue weighted by Gasteiger charge is -2.59. The largest absolute Gasteiger partial charge is 0.462 e. The highest BCUT2D eigenvalue weighted by atomic mass is 19.4. The summed E-state index contributed by atoms with van der Waals surface area (Å²) in [5, 5.41) is 18.5. The Morgan fingerprint density at radius 2 is 0.855 bits per heavy atom. The van der Waals surface area contributed by atoms with Gasteiger partial charge in [0.25, 0.3) is 11.2 Å². The predicted molar refractivity (Wildman–Crippen MR) is 142 cm³/mol. The standard InChI is InChI=1S/C15H15F13O4.C13H11F13O4/c1-4-6(3)7(29)31-12(15(26,27)28)11(18,19)9(30,14(23,24)25)10(16,17)8(5-2,32-12)13(20,21)22;1-3-4(2)5(27)29-11(13(24,25)26)10(19,20)9(28,12(21,22)23)7(14,15)6(30-11)8(16,17)18/h6,30H,4-5H2,1-3H3;4,6,28H,3H2,1-2H3. The number of carbonyl (C=O) groups excluding carboxylic acids is 2. The summed E-state index contributed by atoms with van der Waals surface area (Å²) in [6, 6.07) is 0. The van der Waals surface area contributed by atoms with Crippen molar-refractivity contribution in [1.29, 1.82) is 0 Å². The Balaban J connectivity index is 0.000000621. The summed E-state index contributed by atoms with van der Waals surface area (Å²) in [5.41, 5.74) is -20.7. The van der Waals surface area contributed by atoms with Gasteiger partial charge < -0.3 is 29.2 Å². The van der Waals surface area contributed by atoms with E-state index in [1.54, 1.807) is 0 Å². The van der Waals surface area contributed by atoms with Gasteiger partial charge in [-0.25, -0.2) is 0 Å². The number of rotatable bonds is 7. The van der Waals surface area contributed by atoms with E-state index in [-0.39, 0.29) is 6.92 Å². The lowest BCUT2D eigenvalue weighted by molar-refractivity contribution is -0.578. The summed E-state index contributed by atoms with van der Waals surface area (Å²) in [6.45, 7) is 3.39. The quantitative estimate of drug-likeness (QED) is 0.192. The van der Waals surface area contributed by atoms with Gasteiger partial charge in [0.2, 0.25) is 11.7 Å². The maximum Gasteiger partial charge on any atom is 0.462 e. The molecule has 2 saturated heterocycles. The minimum absolute atomic E-state index is 0.0563. The molecule has 0 aromatic carbocycles. The Bertz CT molecular complexity index is 1630. The molecule has 8 nitrogen and oxygen atoms in total. The highest BCUT2D eigenvalue weighted by Crippen LogP contribution is 2.70. The molecule has 8 unspecified atom stereocenters. The Labute approximate surface area is 326 Å². The summed E-state index contributed by atoms with van der Waals surface area (Å²) >= 11 is 0. The Morgan fingerprint density at radius 1 is 0.532 bits per heavy atom. The molecular weight excluding hydrogens is 958 g/mol. The second kappa shape index (κ2) is 15.8. The summed E-state index contributed by atoms with van der Waals surface area (Å²) in [7, 11) is 0. The van der Waals surface area contributed by atoms with Crippen LogP contribution in [0.3, 0.4) is 0 Å². The van der Waals surface area contributed by atoms with Crippen LogP contribution in [-0.2, 0) is 28.5 Å². The number of esters is 2. The van der Waals surface area contributed by atoms with Crippen molar-refractivity contribution in [2.45, 2.75) is 149 Å². The van der Waals surface area contributed by atoms with Crippen molar-refractivity contribution >= 4 is 11.9 Å². The average Bonchev–Trinajstić information content (AvgIpc) is 3.05. The highest BCUT2D eigenvalue weighted by Gasteiger charge is 3.02. The van der Waals surface area contributed by atoms with Crippen molar-refractivity contribution in [2.75, 3.05) is 0 Å². The first-order chi connectivity index (χ1) is 26.8. The topological polar surface area (TPSA) is 112 Å². The Morgan fingerprint density at radius 3 is 1.11 bits per heavy atom. The van der Waals surface area contributed by atoms with Crippen LogP contribution in [-0.4, -0.2) is 117 Å². The molecule has 2 heterocycles. The highest BCUT2D eigenvalue weighted by molar-refractivity contribution is 5.73. The van der Waals surface area contributed by atoms with Crippen LogP contribution in [0.5, 0.6) is 0 Å². The molecule has 2 N–H and O–H groups in total. The fourth-order valence-corrected chi connectivity index (χ4v) is 5.37. The molecule has 2 rings (SSSR count). The molecule has 0 aromatic heterocycles. The molecule has 0 spiro atoms. The number of hydrogen-bond acceptors (Lipinski definition) is 8. The second-order valence-electron chi connectivity index (χ2n) is 13.3. The van der Waals surface area contributed by atoms with Crippen molar-refractivity contribution in [2.24, 2.45) is 11.8 Å². The maximum absolute atomic E-state index is 14.7. The fourth-order valence-electron chi connectivity index (χ4n) is 5.37. The van der Waals surface area contributed by atoms with Crippen LogP contribution in [0.15, 0.2) is 0 Å². The van der Waals surface area contributed by atoms with Gasteiger partial charge in [-0.3, -0.25) is 9.59 Å². The molecule has 368 valence electrons. The van der Waals surface area contributed by atoms with Gasteiger partial charge in [-0.15, -0.1) is 0 Å². The number of carbonyl (C=O) groups is 2. The van der Waals surface area contributed by atoms with E-state index in [0.717, 1.165) is 13.8 Å². The fraction of sp³-hybridized carbons (Fsp3) is 0.929. The zero-order valence-electron chi connectivity index (χ0n) is 30.5. The van der Waals surface area contributed by atoms with Crippen molar-refractivity contribution < 1.29 is 153 Å². The predicted octanol–water partition coefficient (Wildman–Crippen LogP) is 9.50. The zero-order chi connectivity index (χ0) is 50.3. The van der Waals surface area contributed by atoms with Crippen LogP contribution in [0.25, 0.3) is 0 Å². The maximum atomic E-state index is 14.7. The van der Waals surface area contributed by atoms with Gasteiger partial charge in [0.05, 0.1) is 11.8 Å². The normalized spacial score (nSPS) is 33.7. The van der Waals surface area contributed by atoms with Gasteiger partial charge >= 0.3 is 84.3 Å². The molecule has 2 fully saturated rings. The van der Waals surface area contributed by atoms with Gasteiger partial charge in [0.1, 0.15) is 0 Å². The smallest absolute Gasteiger partial charge is 0.418 e. The molecule has 62 heavy (non-hydrogen) atoms. The van der Waals surface area contributed by atoms with E-state index in [2.05, 4.69) is 18.9 Å². The minimum atomic E-state index is -7.52. The van der Waals surface area contributed by atoms with Crippen LogP contribution in [0, 0.1) is 11.8 Å². The van der Waals surface area contributed by atoms with Crippen LogP contribution in [0.2, 0.25) is 0 Å². The molecule has 8 atom stereocenters. The lowest BCUT2D eigenvalue weighted by atomic mass is 9.69. The third kappa shape index (κ3) is 7.62. The molecule has 0 bridgehead atoms. The second-order valence-corrected chi connectivity index (χ2v) is 13.3. The summed E-state index contributed by atoms with van der Waals surface area (Å²) in [6.07, 6.45) is -52.3. The van der Waals surface area contributed by atoms with Gasteiger partial charge in [0.15, 0.2) is 0 Å². The molecule has 0 radical (unpaired) electrons. The van der Waals surface area contributed by atoms with E-state index in [9.17, 15) is 129 Å². The molecule has 34 heteroatoms. The first kappa shape index (κ1) is 57.0. The molecule has 2 aliphatic rings. The molecule has 0 aliphatic carbocycles. The third-order valence-electron chi connectivity index (χ3n) is 9.45. The summed E-state index contributed by atoms with van der Waals surface area (Å²) in [4.78, 5) is 23.4. The van der Waals surface area contributed by atoms with Gasteiger partial charge in [-0.1, -0.05) is 34.6 Å². The van der Waals surface area contributed by atoms with Gasteiger partial charge in [0, 0.05) is 0 Å². The van der Waals surface area contributed by atoms with E-state index < -0.39 is 138 Å². The van der Waals surface area contributed by atoms with Crippen molar-refractivity contribution in [3.8, 4) is 0 Å². The molecule has 0 aromatic rings. The zero-order valence-corrected chi connectivity index (χ0v) is 30.5. The molecular formula is C28H26F26O8. The Kier molecular flexibility index (Phi) is 14.6. The third-order valence-corrected chi connectivity index (χ3v) is 9.45. The van der Waals surface area contributed by atoms with Crippen LogP contribution in [0.1, 0.15) is 53.9 Å². The molecule has 2 aliphatic heterocycles. The summed E-state index contributed by atoms with van der Waals surface area (Å²) < 4.78 is 367. The average molecular weight is 984 g/mol. The SMILES string of the molecule is CCC(C)C(=O)OC1(C(F)(F)F)OC(C(F)(F)F)C(F)(F)C(O)(C(F)(F)F)C1(F)F.CCC(C)C(=O)OC1(C(F)(F)F)OC(CC)(C(F)(F)F)C(F)(F)C(O)(C(F)(F)F)C1(F)F. The van der Waals surface area contributed by atoms with E-state index >= 15 is 0 Å². The lowest BCUT2D eigenvalue weighted by Crippen LogP contribution is -2.90. The van der Waals surface area contributed by atoms with Crippen LogP contribution >= 0.6 is 0 Å². The van der Waals surface area contributed by atoms with Crippen LogP contribution < -0.4 is 0 Å². The van der Waals surface area contributed by atoms with Gasteiger partial charge in [-0.2, -0.15) is 114 Å². The first-order valence-electron chi connectivity index (χ1n) is 16.0. The van der Waals surface area contributed by atoms with Crippen molar-refractivity contribution in [3.63, 3.8) is 0 Å².